The summed E-state index contributed by atoms with van der Waals surface area (Å²) >= 11 is 0. The summed E-state index contributed by atoms with van der Waals surface area (Å²) in [5.74, 6) is -0.127. The smallest absolute Gasteiger partial charge is 0.306 e. The summed E-state index contributed by atoms with van der Waals surface area (Å²) < 4.78 is 10.1. The molecule has 0 saturated heterocycles. The van der Waals surface area contributed by atoms with E-state index in [1.165, 1.54) is 44.6 Å². The molecular weight excluding hydrogens is 340 g/mol. The zero-order valence-electron chi connectivity index (χ0n) is 14.9. The van der Waals surface area contributed by atoms with E-state index in [9.17, 15) is 19.7 Å². The van der Waals surface area contributed by atoms with Gasteiger partial charge in [-0.2, -0.15) is 0 Å². The Kier molecular flexibility index (Phi) is 7.37. The predicted molar refractivity (Wildman–Crippen MR) is 95.0 cm³/mol. The van der Waals surface area contributed by atoms with Crippen LogP contribution in [0.1, 0.15) is 44.9 Å². The van der Waals surface area contributed by atoms with Gasteiger partial charge in [-0.3, -0.25) is 19.7 Å². The van der Waals surface area contributed by atoms with E-state index in [1.807, 2.05) is 0 Å². The maximum Gasteiger partial charge on any atom is 0.306 e. The highest BCUT2D eigenvalue weighted by molar-refractivity contribution is 5.94. The summed E-state index contributed by atoms with van der Waals surface area (Å²) in [4.78, 5) is 34.0. The molecule has 8 nitrogen and oxygen atoms in total. The molecule has 0 bridgehead atoms. The van der Waals surface area contributed by atoms with Gasteiger partial charge < -0.3 is 14.8 Å². The van der Waals surface area contributed by atoms with Crippen LogP contribution >= 0.6 is 0 Å². The molecule has 1 aromatic rings. The molecule has 0 aliphatic heterocycles. The van der Waals surface area contributed by atoms with Crippen LogP contribution in [0.4, 0.5) is 11.4 Å². The number of methoxy groups -OCH3 is 1. The monoisotopic (exact) mass is 364 g/mol. The molecule has 1 N–H and O–H groups in total. The number of nitrogens with zero attached hydrogens (tertiary/aromatic N) is 1. The van der Waals surface area contributed by atoms with E-state index in [1.54, 1.807) is 0 Å². The van der Waals surface area contributed by atoms with E-state index in [4.69, 9.17) is 9.47 Å². The van der Waals surface area contributed by atoms with Gasteiger partial charge in [-0.05, 0) is 18.4 Å². The van der Waals surface area contributed by atoms with Crippen molar-refractivity contribution in [1.82, 2.24) is 0 Å². The van der Waals surface area contributed by atoms with E-state index in [0.29, 0.717) is 12.3 Å². The lowest BCUT2D eigenvalue weighted by atomic mass is 9.86. The summed E-state index contributed by atoms with van der Waals surface area (Å²) in [5.41, 5.74) is -0.0180. The lowest BCUT2D eigenvalue weighted by Gasteiger charge is -2.20. The Morgan fingerprint density at radius 2 is 2.00 bits per heavy atom. The molecule has 26 heavy (non-hydrogen) atoms. The average Bonchev–Trinajstić information content (AvgIpc) is 2.65. The Morgan fingerprint density at radius 3 is 2.65 bits per heavy atom. The first-order valence-corrected chi connectivity index (χ1v) is 8.77. The molecule has 142 valence electrons. The molecule has 0 heterocycles. The third-order valence-electron chi connectivity index (χ3n) is 4.51. The standard InChI is InChI=1S/C18H24N2O6/c1-25-16-9-8-14(20(23)24)11-15(16)19-17(21)12-26-18(22)10-7-13-5-3-2-4-6-13/h8-9,11,13H,2-7,10,12H2,1H3,(H,19,21). The molecule has 0 atom stereocenters. The molecule has 1 aliphatic rings. The summed E-state index contributed by atoms with van der Waals surface area (Å²) in [5, 5.41) is 13.3. The molecule has 0 spiro atoms. The average molecular weight is 364 g/mol. The van der Waals surface area contributed by atoms with Crippen molar-refractivity contribution in [3.8, 4) is 5.75 Å². The number of carbonyl (C=O) groups excluding carboxylic acids is 2. The Hall–Kier alpha value is -2.64. The number of ether oxygens (including phenoxy) is 2. The van der Waals surface area contributed by atoms with Gasteiger partial charge in [0.05, 0.1) is 17.7 Å². The van der Waals surface area contributed by atoms with Crippen molar-refractivity contribution in [3.63, 3.8) is 0 Å². The van der Waals surface area contributed by atoms with E-state index < -0.39 is 23.4 Å². The molecule has 0 aromatic heterocycles. The molecule has 1 fully saturated rings. The van der Waals surface area contributed by atoms with Crippen molar-refractivity contribution in [2.45, 2.75) is 44.9 Å². The fourth-order valence-electron chi connectivity index (χ4n) is 3.11. The number of nitro benzene ring substituents is 1. The molecule has 1 amide bonds. The summed E-state index contributed by atoms with van der Waals surface area (Å²) in [6, 6.07) is 3.87. The highest BCUT2D eigenvalue weighted by Crippen LogP contribution is 2.29. The minimum atomic E-state index is -0.574. The molecule has 8 heteroatoms. The number of nitro groups is 1. The third-order valence-corrected chi connectivity index (χ3v) is 4.51. The maximum atomic E-state index is 12.0. The lowest BCUT2D eigenvalue weighted by molar-refractivity contribution is -0.384. The first kappa shape index (κ1) is 19.7. The Bertz CT molecular complexity index is 655. The van der Waals surface area contributed by atoms with E-state index in [0.717, 1.165) is 19.3 Å². The first-order chi connectivity index (χ1) is 12.5. The molecule has 1 aromatic carbocycles. The highest BCUT2D eigenvalue weighted by atomic mass is 16.6. The summed E-state index contributed by atoms with van der Waals surface area (Å²) in [7, 11) is 1.39. The summed E-state index contributed by atoms with van der Waals surface area (Å²) in [6.45, 7) is -0.435. The van der Waals surface area contributed by atoms with Crippen molar-refractivity contribution < 1.29 is 24.0 Å². The van der Waals surface area contributed by atoms with Crippen molar-refractivity contribution in [1.29, 1.82) is 0 Å². The summed E-state index contributed by atoms with van der Waals surface area (Å²) in [6.07, 6.45) is 7.10. The number of nitrogens with one attached hydrogen (secondary N) is 1. The number of rotatable bonds is 8. The van der Waals surface area contributed by atoms with Gasteiger partial charge in [0.15, 0.2) is 6.61 Å². The molecule has 1 saturated carbocycles. The Labute approximate surface area is 152 Å². The quantitative estimate of drug-likeness (QED) is 0.430. The minimum absolute atomic E-state index is 0.157. The van der Waals surface area contributed by atoms with Gasteiger partial charge in [0.2, 0.25) is 0 Å². The van der Waals surface area contributed by atoms with Gasteiger partial charge in [-0.15, -0.1) is 0 Å². The Balaban J connectivity index is 1.79. The van der Waals surface area contributed by atoms with Crippen molar-refractivity contribution in [2.24, 2.45) is 5.92 Å². The number of amides is 1. The van der Waals surface area contributed by atoms with Gasteiger partial charge in [-0.1, -0.05) is 32.1 Å². The number of anilines is 1. The third kappa shape index (κ3) is 6.02. The van der Waals surface area contributed by atoms with E-state index in [-0.39, 0.29) is 17.1 Å². The number of carbonyl (C=O) groups is 2. The SMILES string of the molecule is COc1ccc([N+](=O)[O-])cc1NC(=O)COC(=O)CCC1CCCCC1. The first-order valence-electron chi connectivity index (χ1n) is 8.77. The minimum Gasteiger partial charge on any atom is -0.495 e. The van der Waals surface area contributed by atoms with Gasteiger partial charge in [0.1, 0.15) is 5.75 Å². The van der Waals surface area contributed by atoms with Crippen LogP contribution in [-0.2, 0) is 14.3 Å². The normalized spacial score (nSPS) is 14.5. The van der Waals surface area contributed by atoms with Crippen LogP contribution in [-0.4, -0.2) is 30.5 Å². The molecule has 0 radical (unpaired) electrons. The van der Waals surface area contributed by atoms with Gasteiger partial charge in [0.25, 0.3) is 11.6 Å². The molecule has 0 unspecified atom stereocenters. The van der Waals surface area contributed by atoms with Crippen LogP contribution in [0, 0.1) is 16.0 Å². The molecule has 2 rings (SSSR count). The lowest BCUT2D eigenvalue weighted by Crippen LogP contribution is -2.21. The van der Waals surface area contributed by atoms with Crippen molar-refractivity contribution in [2.75, 3.05) is 19.0 Å². The van der Waals surface area contributed by atoms with Crippen LogP contribution in [0.15, 0.2) is 18.2 Å². The van der Waals surface area contributed by atoms with Crippen LogP contribution in [0.2, 0.25) is 0 Å². The van der Waals surface area contributed by atoms with Gasteiger partial charge in [-0.25, -0.2) is 0 Å². The predicted octanol–water partition coefficient (Wildman–Crippen LogP) is 3.45. The second-order valence-corrected chi connectivity index (χ2v) is 6.39. The van der Waals surface area contributed by atoms with Crippen molar-refractivity contribution >= 4 is 23.3 Å². The van der Waals surface area contributed by atoms with E-state index in [2.05, 4.69) is 5.32 Å². The van der Waals surface area contributed by atoms with Crippen LogP contribution in [0.25, 0.3) is 0 Å². The highest BCUT2D eigenvalue weighted by Gasteiger charge is 2.17. The number of hydrogen-bond acceptors (Lipinski definition) is 6. The zero-order valence-corrected chi connectivity index (χ0v) is 14.9. The largest absolute Gasteiger partial charge is 0.495 e. The van der Waals surface area contributed by atoms with Gasteiger partial charge >= 0.3 is 5.97 Å². The number of esters is 1. The maximum absolute atomic E-state index is 12.0. The van der Waals surface area contributed by atoms with Crippen LogP contribution in [0.3, 0.4) is 0 Å². The fourth-order valence-corrected chi connectivity index (χ4v) is 3.11. The second kappa shape index (κ2) is 9.74. The second-order valence-electron chi connectivity index (χ2n) is 6.39. The van der Waals surface area contributed by atoms with Crippen LogP contribution < -0.4 is 10.1 Å². The Morgan fingerprint density at radius 1 is 1.27 bits per heavy atom. The molecule has 1 aliphatic carbocycles. The van der Waals surface area contributed by atoms with Crippen molar-refractivity contribution in [3.05, 3.63) is 28.3 Å². The number of benzene rings is 1. The zero-order chi connectivity index (χ0) is 18.9. The molecular formula is C18H24N2O6. The number of hydrogen-bond donors (Lipinski definition) is 1. The number of non-ortho nitro benzene ring substituents is 1. The van der Waals surface area contributed by atoms with Crippen LogP contribution in [0.5, 0.6) is 5.75 Å². The topological polar surface area (TPSA) is 108 Å². The van der Waals surface area contributed by atoms with Gasteiger partial charge in [0, 0.05) is 18.6 Å². The van der Waals surface area contributed by atoms with E-state index >= 15 is 0 Å². The fraction of sp³-hybridized carbons (Fsp3) is 0.556.